The zero-order valence-corrected chi connectivity index (χ0v) is 19.7. The number of amides is 1. The highest BCUT2D eigenvalue weighted by atomic mass is 32.2. The Labute approximate surface area is 184 Å². The van der Waals surface area contributed by atoms with Gasteiger partial charge in [0.15, 0.2) is 0 Å². The van der Waals surface area contributed by atoms with Gasteiger partial charge in [-0.05, 0) is 72.6 Å². The second-order valence-corrected chi connectivity index (χ2v) is 12.6. The van der Waals surface area contributed by atoms with Crippen LogP contribution in [0.4, 0.5) is 9.18 Å². The van der Waals surface area contributed by atoms with Gasteiger partial charge in [0.2, 0.25) is 0 Å². The minimum atomic E-state index is -2.93. The van der Waals surface area contributed by atoms with Crippen molar-refractivity contribution in [3.05, 3.63) is 35.1 Å². The van der Waals surface area contributed by atoms with Crippen LogP contribution in [0.1, 0.15) is 65.5 Å². The number of halogens is 1. The smallest absolute Gasteiger partial charge is 0.413 e. The highest BCUT2D eigenvalue weighted by Gasteiger charge is 2.50. The average Bonchev–Trinajstić information content (AvgIpc) is 3.42. The van der Waals surface area contributed by atoms with Crippen molar-refractivity contribution in [2.75, 3.05) is 5.75 Å². The van der Waals surface area contributed by atoms with Gasteiger partial charge in [0.1, 0.15) is 27.5 Å². The van der Waals surface area contributed by atoms with Gasteiger partial charge in [0, 0.05) is 11.1 Å². The summed E-state index contributed by atoms with van der Waals surface area (Å²) in [7, 11) is -2.93. The van der Waals surface area contributed by atoms with Gasteiger partial charge in [0.05, 0.1) is 21.5 Å². The molecule has 0 saturated heterocycles. The average molecular weight is 448 g/mol. The molecule has 31 heavy (non-hydrogen) atoms. The number of rotatable bonds is 2. The minimum Gasteiger partial charge on any atom is -0.444 e. The molecule has 1 aliphatic carbocycles. The van der Waals surface area contributed by atoms with E-state index in [1.165, 1.54) is 12.1 Å². The molecule has 168 valence electrons. The van der Waals surface area contributed by atoms with Crippen LogP contribution in [0.5, 0.6) is 0 Å². The van der Waals surface area contributed by atoms with Crippen LogP contribution in [-0.2, 0) is 20.0 Å². The number of ether oxygens (including phenoxy) is 1. The van der Waals surface area contributed by atoms with E-state index in [0.29, 0.717) is 5.56 Å². The standard InChI is InChI=1S/C23H30FN3O3S/c1-8-15-9-12-18(24)17(13-15)23(7)14-31(29,27-16-10-11-16)22(5,6)19(26-23)25-20(28)30-21(2,3)4/h1,9,12-13,16H,10-11,14H2,2-7H3,(H,25,26,28)/t23-,31?/m0/s1. The van der Waals surface area contributed by atoms with Gasteiger partial charge < -0.3 is 4.74 Å². The van der Waals surface area contributed by atoms with Crippen LogP contribution in [0.25, 0.3) is 0 Å². The van der Waals surface area contributed by atoms with Crippen LogP contribution in [0.3, 0.4) is 0 Å². The molecular formula is C23H30FN3O3S. The van der Waals surface area contributed by atoms with Crippen molar-refractivity contribution in [1.29, 1.82) is 0 Å². The molecule has 0 spiro atoms. The second kappa shape index (κ2) is 7.63. The Morgan fingerprint density at radius 2 is 2.00 bits per heavy atom. The Morgan fingerprint density at radius 1 is 1.35 bits per heavy atom. The lowest BCUT2D eigenvalue weighted by atomic mass is 9.92. The van der Waals surface area contributed by atoms with Crippen molar-refractivity contribution in [3.63, 3.8) is 0 Å². The summed E-state index contributed by atoms with van der Waals surface area (Å²) in [6, 6.07) is 4.34. The van der Waals surface area contributed by atoms with E-state index in [9.17, 15) is 13.4 Å². The van der Waals surface area contributed by atoms with E-state index in [0.717, 1.165) is 12.8 Å². The van der Waals surface area contributed by atoms with Crippen molar-refractivity contribution in [2.45, 2.75) is 76.3 Å². The molecule has 2 aliphatic rings. The monoisotopic (exact) mass is 447 g/mol. The van der Waals surface area contributed by atoms with Crippen molar-refractivity contribution >= 4 is 21.7 Å². The number of carbonyl (C=O) groups is 1. The van der Waals surface area contributed by atoms with E-state index in [-0.39, 0.29) is 23.2 Å². The van der Waals surface area contributed by atoms with E-state index in [2.05, 4.69) is 15.6 Å². The zero-order valence-electron chi connectivity index (χ0n) is 18.9. The number of terminal acetylenes is 1. The first-order valence-corrected chi connectivity index (χ1v) is 12.0. The Bertz CT molecular complexity index is 1100. The van der Waals surface area contributed by atoms with Crippen LogP contribution in [0, 0.1) is 18.2 Å². The minimum absolute atomic E-state index is 0.0128. The molecule has 1 unspecified atom stereocenters. The number of hydrogen-bond donors (Lipinski definition) is 1. The normalized spacial score (nSPS) is 27.6. The molecule has 3 rings (SSSR count). The number of hydrogen-bond acceptors (Lipinski definition) is 5. The molecule has 1 saturated carbocycles. The predicted octanol–water partition coefficient (Wildman–Crippen LogP) is 4.37. The zero-order chi connectivity index (χ0) is 23.2. The molecule has 1 fully saturated rings. The third kappa shape index (κ3) is 4.77. The van der Waals surface area contributed by atoms with Crippen LogP contribution in [-0.4, -0.2) is 38.3 Å². The van der Waals surface area contributed by atoms with Crippen LogP contribution >= 0.6 is 0 Å². The van der Waals surface area contributed by atoms with Crippen LogP contribution in [0.15, 0.2) is 27.6 Å². The highest BCUT2D eigenvalue weighted by molar-refractivity contribution is 7.95. The van der Waals surface area contributed by atoms with E-state index in [4.69, 9.17) is 16.2 Å². The summed E-state index contributed by atoms with van der Waals surface area (Å²) in [6.45, 7) is 10.4. The molecule has 0 aromatic heterocycles. The number of carbonyl (C=O) groups excluding carboxylic acids is 1. The van der Waals surface area contributed by atoms with Crippen molar-refractivity contribution in [1.82, 2.24) is 5.32 Å². The lowest BCUT2D eigenvalue weighted by molar-refractivity contribution is 0.0560. The number of amidine groups is 1. The number of benzene rings is 1. The summed E-state index contributed by atoms with van der Waals surface area (Å²) in [6.07, 6.45) is 6.54. The quantitative estimate of drug-likeness (QED) is 0.684. The van der Waals surface area contributed by atoms with Crippen LogP contribution < -0.4 is 5.32 Å². The van der Waals surface area contributed by atoms with Crippen molar-refractivity contribution < 1.29 is 18.1 Å². The largest absolute Gasteiger partial charge is 0.444 e. The van der Waals surface area contributed by atoms with Crippen molar-refractivity contribution in [2.24, 2.45) is 9.36 Å². The van der Waals surface area contributed by atoms with Gasteiger partial charge in [-0.15, -0.1) is 6.42 Å². The Balaban J connectivity index is 2.17. The van der Waals surface area contributed by atoms with E-state index in [1.807, 2.05) is 0 Å². The molecule has 1 aromatic carbocycles. The molecule has 2 atom stereocenters. The van der Waals surface area contributed by atoms with Crippen LogP contribution in [0.2, 0.25) is 0 Å². The summed E-state index contributed by atoms with van der Waals surface area (Å²) in [5.74, 6) is 2.18. The third-order valence-corrected chi connectivity index (χ3v) is 8.78. The summed E-state index contributed by atoms with van der Waals surface area (Å²) >= 11 is 0. The molecule has 8 heteroatoms. The van der Waals surface area contributed by atoms with Gasteiger partial charge in [-0.1, -0.05) is 5.92 Å². The van der Waals surface area contributed by atoms with Gasteiger partial charge in [0.25, 0.3) is 0 Å². The molecule has 6 nitrogen and oxygen atoms in total. The highest BCUT2D eigenvalue weighted by Crippen LogP contribution is 2.41. The first-order valence-electron chi connectivity index (χ1n) is 10.3. The lowest BCUT2D eigenvalue weighted by Gasteiger charge is -2.42. The summed E-state index contributed by atoms with van der Waals surface area (Å²) in [5.41, 5.74) is -1.24. The maximum Gasteiger partial charge on any atom is 0.413 e. The maximum atomic E-state index is 14.9. The van der Waals surface area contributed by atoms with Gasteiger partial charge in [-0.2, -0.15) is 0 Å². The third-order valence-electron chi connectivity index (χ3n) is 5.40. The van der Waals surface area contributed by atoms with Gasteiger partial charge >= 0.3 is 6.09 Å². The number of nitrogens with zero attached hydrogens (tertiary/aromatic N) is 2. The molecule has 1 aromatic rings. The molecular weight excluding hydrogens is 417 g/mol. The molecule has 1 heterocycles. The van der Waals surface area contributed by atoms with Gasteiger partial charge in [-0.25, -0.2) is 17.8 Å². The molecule has 0 bridgehead atoms. The topological polar surface area (TPSA) is 80.1 Å². The van der Waals surface area contributed by atoms with E-state index >= 15 is 0 Å². The fourth-order valence-electron chi connectivity index (χ4n) is 3.46. The number of nitrogens with one attached hydrogen (secondary N) is 1. The second-order valence-electron chi connectivity index (χ2n) is 9.83. The summed E-state index contributed by atoms with van der Waals surface area (Å²) in [5, 5.41) is 2.67. The van der Waals surface area contributed by atoms with E-state index < -0.39 is 37.5 Å². The Kier molecular flexibility index (Phi) is 5.72. The van der Waals surface area contributed by atoms with E-state index in [1.54, 1.807) is 47.6 Å². The summed E-state index contributed by atoms with van der Waals surface area (Å²) in [4.78, 5) is 17.3. The fraction of sp³-hybridized carbons (Fsp3) is 0.565. The molecule has 1 N–H and O–H groups in total. The first kappa shape index (κ1) is 23.3. The van der Waals surface area contributed by atoms with Crippen molar-refractivity contribution in [3.8, 4) is 12.3 Å². The van der Waals surface area contributed by atoms with Gasteiger partial charge in [-0.3, -0.25) is 10.3 Å². The molecule has 0 radical (unpaired) electrons. The SMILES string of the molecule is C#Cc1ccc(F)c([C@]2(C)CS(=O)(=NC3CC3)C(C)(C)C(NC(=O)OC(C)(C)C)=N2)c1. The Morgan fingerprint density at radius 3 is 2.55 bits per heavy atom. The Hall–Kier alpha value is -2.40. The molecule has 1 amide bonds. The first-order chi connectivity index (χ1) is 14.2. The fourth-order valence-corrected chi connectivity index (χ4v) is 6.23. The predicted molar refractivity (Wildman–Crippen MR) is 121 cm³/mol. The summed E-state index contributed by atoms with van der Waals surface area (Å²) < 4.78 is 38.1. The number of alkyl carbamates (subject to hydrolysis) is 1. The molecule has 1 aliphatic heterocycles. The number of aliphatic imine (C=N–C) groups is 1. The maximum absolute atomic E-state index is 14.9. The lowest BCUT2D eigenvalue weighted by Crippen LogP contribution is -2.58.